The van der Waals surface area contributed by atoms with Gasteiger partial charge in [0.1, 0.15) is 0 Å². The Morgan fingerprint density at radius 1 is 1.26 bits per heavy atom. The maximum atomic E-state index is 12.8. The van der Waals surface area contributed by atoms with Crippen LogP contribution < -0.4 is 5.73 Å². The first kappa shape index (κ1) is 18.3. The molecule has 1 fully saturated rings. The third-order valence-electron chi connectivity index (χ3n) is 3.95. The van der Waals surface area contributed by atoms with Gasteiger partial charge in [0.05, 0.1) is 28.5 Å². The monoisotopic (exact) mass is 362 g/mol. The van der Waals surface area contributed by atoms with Crippen molar-refractivity contribution in [1.29, 1.82) is 0 Å². The molecule has 3 N–H and O–H groups in total. The van der Waals surface area contributed by atoms with Crippen molar-refractivity contribution < 1.29 is 21.9 Å². The van der Waals surface area contributed by atoms with Crippen LogP contribution in [-0.4, -0.2) is 63.0 Å². The first-order valence-corrected chi connectivity index (χ1v) is 10.7. The molecule has 1 aliphatic rings. The summed E-state index contributed by atoms with van der Waals surface area (Å²) < 4.78 is 50.1. The minimum atomic E-state index is -3.93. The lowest BCUT2D eigenvalue weighted by atomic mass is 10.2. The fourth-order valence-corrected chi connectivity index (χ4v) is 6.27. The number of sulfone groups is 1. The van der Waals surface area contributed by atoms with Gasteiger partial charge in [-0.2, -0.15) is 4.31 Å². The van der Waals surface area contributed by atoms with Gasteiger partial charge in [0, 0.05) is 13.1 Å². The van der Waals surface area contributed by atoms with Crippen LogP contribution in [0.1, 0.15) is 12.5 Å². The van der Waals surface area contributed by atoms with E-state index in [2.05, 4.69) is 0 Å². The summed E-state index contributed by atoms with van der Waals surface area (Å²) in [7, 11) is -7.38. The van der Waals surface area contributed by atoms with E-state index in [1.165, 1.54) is 12.1 Å². The summed E-state index contributed by atoms with van der Waals surface area (Å²) in [6.07, 6.45) is -0.455. The Morgan fingerprint density at radius 2 is 1.87 bits per heavy atom. The van der Waals surface area contributed by atoms with E-state index in [1.54, 1.807) is 12.1 Å². The van der Waals surface area contributed by atoms with E-state index in [1.807, 2.05) is 6.92 Å². The molecule has 0 saturated carbocycles. The van der Waals surface area contributed by atoms with Crippen LogP contribution in [0.25, 0.3) is 0 Å². The van der Waals surface area contributed by atoms with Crippen molar-refractivity contribution in [2.75, 3.05) is 24.6 Å². The molecule has 0 amide bonds. The number of aliphatic hydroxyl groups excluding tert-OH is 1. The Labute approximate surface area is 137 Å². The number of rotatable bonds is 6. The van der Waals surface area contributed by atoms with Crippen LogP contribution >= 0.6 is 0 Å². The molecule has 1 saturated heterocycles. The van der Waals surface area contributed by atoms with Gasteiger partial charge in [-0.25, -0.2) is 16.8 Å². The molecule has 130 valence electrons. The zero-order valence-corrected chi connectivity index (χ0v) is 14.6. The number of nitrogens with zero attached hydrogens (tertiary/aromatic N) is 1. The van der Waals surface area contributed by atoms with Gasteiger partial charge in [-0.1, -0.05) is 19.1 Å². The molecule has 0 bridgehead atoms. The molecule has 0 unspecified atom stereocenters. The molecular formula is C14H22N2O5S2. The van der Waals surface area contributed by atoms with Crippen LogP contribution in [0.5, 0.6) is 0 Å². The summed E-state index contributed by atoms with van der Waals surface area (Å²) in [5.74, 6) is -0.816. The van der Waals surface area contributed by atoms with Crippen LogP contribution in [0.2, 0.25) is 0 Å². The number of aryl methyl sites for hydroxylation is 1. The summed E-state index contributed by atoms with van der Waals surface area (Å²) in [6.45, 7) is 1.95. The Kier molecular flexibility index (Phi) is 5.47. The van der Waals surface area contributed by atoms with Gasteiger partial charge in [0.25, 0.3) is 0 Å². The van der Waals surface area contributed by atoms with Gasteiger partial charge in [0.2, 0.25) is 10.0 Å². The van der Waals surface area contributed by atoms with E-state index >= 15 is 0 Å². The molecule has 1 heterocycles. The zero-order chi connectivity index (χ0) is 17.3. The van der Waals surface area contributed by atoms with E-state index in [9.17, 15) is 21.9 Å². The first-order valence-electron chi connectivity index (χ1n) is 7.40. The zero-order valence-electron chi connectivity index (χ0n) is 12.9. The van der Waals surface area contributed by atoms with Gasteiger partial charge in [-0.05, 0) is 24.1 Å². The van der Waals surface area contributed by atoms with E-state index in [0.717, 1.165) is 16.3 Å². The molecule has 9 heteroatoms. The van der Waals surface area contributed by atoms with Crippen molar-refractivity contribution in [3.8, 4) is 0 Å². The molecule has 0 aromatic heterocycles. The van der Waals surface area contributed by atoms with Crippen LogP contribution in [0.15, 0.2) is 29.2 Å². The predicted octanol–water partition coefficient (Wildman–Crippen LogP) is -0.644. The molecule has 1 aliphatic heterocycles. The molecule has 0 aliphatic carbocycles. The number of sulfonamides is 1. The fraction of sp³-hybridized carbons (Fsp3) is 0.571. The molecule has 2 rings (SSSR count). The molecule has 1 aromatic carbocycles. The normalized spacial score (nSPS) is 24.2. The predicted molar refractivity (Wildman–Crippen MR) is 87.2 cm³/mol. The van der Waals surface area contributed by atoms with Crippen molar-refractivity contribution >= 4 is 19.9 Å². The van der Waals surface area contributed by atoms with Crippen LogP contribution in [0.4, 0.5) is 0 Å². The largest absolute Gasteiger partial charge is 0.390 e. The van der Waals surface area contributed by atoms with Gasteiger partial charge < -0.3 is 10.8 Å². The van der Waals surface area contributed by atoms with Gasteiger partial charge in [-0.15, -0.1) is 0 Å². The standard InChI is InChI=1S/C14H22N2O5S2/c1-2-11-3-5-12(6-4-11)23(20,21)16(8-7-15)13-9-22(18,19)10-14(13)17/h3-6,13-14,17H,2,7-10,15H2,1H3/t13-,14+/m1/s1. The SMILES string of the molecule is CCc1ccc(S(=O)(=O)N(CCN)[C@@H]2CS(=O)(=O)C[C@@H]2O)cc1. The number of aliphatic hydroxyl groups is 1. The van der Waals surface area contributed by atoms with Crippen molar-refractivity contribution in [1.82, 2.24) is 4.31 Å². The Balaban J connectivity index is 2.39. The van der Waals surface area contributed by atoms with Crippen molar-refractivity contribution in [2.45, 2.75) is 30.4 Å². The Morgan fingerprint density at radius 3 is 2.30 bits per heavy atom. The van der Waals surface area contributed by atoms with E-state index in [-0.39, 0.29) is 23.7 Å². The highest BCUT2D eigenvalue weighted by Crippen LogP contribution is 2.25. The third-order valence-corrected chi connectivity index (χ3v) is 7.59. The number of hydrogen-bond donors (Lipinski definition) is 2. The number of hydrogen-bond acceptors (Lipinski definition) is 6. The summed E-state index contributed by atoms with van der Waals surface area (Å²) in [5.41, 5.74) is 6.49. The molecule has 23 heavy (non-hydrogen) atoms. The molecular weight excluding hydrogens is 340 g/mol. The van der Waals surface area contributed by atoms with Gasteiger partial charge in [0.15, 0.2) is 9.84 Å². The smallest absolute Gasteiger partial charge is 0.243 e. The van der Waals surface area contributed by atoms with E-state index < -0.39 is 37.8 Å². The second-order valence-corrected chi connectivity index (χ2v) is 9.66. The van der Waals surface area contributed by atoms with Crippen LogP contribution in [0, 0.1) is 0 Å². The minimum absolute atomic E-state index is 0.0372. The minimum Gasteiger partial charge on any atom is -0.390 e. The second kappa shape index (κ2) is 6.86. The average Bonchev–Trinajstić information content (AvgIpc) is 2.77. The van der Waals surface area contributed by atoms with Gasteiger partial charge in [-0.3, -0.25) is 0 Å². The third kappa shape index (κ3) is 3.92. The Bertz CT molecular complexity index is 744. The molecule has 0 spiro atoms. The Hall–Kier alpha value is -1.00. The average molecular weight is 362 g/mol. The molecule has 7 nitrogen and oxygen atoms in total. The lowest BCUT2D eigenvalue weighted by Gasteiger charge is -2.29. The first-order chi connectivity index (χ1) is 10.7. The summed E-state index contributed by atoms with van der Waals surface area (Å²) in [6, 6.07) is 5.42. The van der Waals surface area contributed by atoms with Gasteiger partial charge >= 0.3 is 0 Å². The van der Waals surface area contributed by atoms with Crippen LogP contribution in [-0.2, 0) is 26.3 Å². The maximum Gasteiger partial charge on any atom is 0.243 e. The van der Waals surface area contributed by atoms with Crippen molar-refractivity contribution in [3.63, 3.8) is 0 Å². The lowest BCUT2D eigenvalue weighted by Crippen LogP contribution is -2.48. The second-order valence-electron chi connectivity index (χ2n) is 5.61. The summed E-state index contributed by atoms with van der Waals surface area (Å²) >= 11 is 0. The van der Waals surface area contributed by atoms with Crippen LogP contribution in [0.3, 0.4) is 0 Å². The molecule has 1 aromatic rings. The van der Waals surface area contributed by atoms with E-state index in [0.29, 0.717) is 0 Å². The topological polar surface area (TPSA) is 118 Å². The number of benzene rings is 1. The van der Waals surface area contributed by atoms with Crippen molar-refractivity contribution in [3.05, 3.63) is 29.8 Å². The van der Waals surface area contributed by atoms with E-state index in [4.69, 9.17) is 5.73 Å². The molecule has 2 atom stereocenters. The summed E-state index contributed by atoms with van der Waals surface area (Å²) in [4.78, 5) is 0.0691. The maximum absolute atomic E-state index is 12.8. The van der Waals surface area contributed by atoms with Crippen molar-refractivity contribution in [2.24, 2.45) is 5.73 Å². The molecule has 0 radical (unpaired) electrons. The summed E-state index contributed by atoms with van der Waals surface area (Å²) in [5, 5.41) is 9.99. The lowest BCUT2D eigenvalue weighted by molar-refractivity contribution is 0.129. The highest BCUT2D eigenvalue weighted by atomic mass is 32.2. The number of nitrogens with two attached hydrogens (primary N) is 1. The highest BCUT2D eigenvalue weighted by molar-refractivity contribution is 7.92. The quantitative estimate of drug-likeness (QED) is 0.695. The highest BCUT2D eigenvalue weighted by Gasteiger charge is 2.44. The fourth-order valence-electron chi connectivity index (χ4n) is 2.71.